The number of ether oxygens (including phenoxy) is 1. The highest BCUT2D eigenvalue weighted by Crippen LogP contribution is 2.20. The quantitative estimate of drug-likeness (QED) is 0.448. The number of rotatable bonds is 4. The standard InChI is InChI=1S/C11H13Cl2N3O2S/c1-18-5-4-14-11(19)16-15-10(17)8-3-2-7(12)6-9(8)13/h2-3,6H,4-5H2,1H3,(H,15,17)(H2,14,16,19). The molecule has 0 saturated heterocycles. The molecule has 0 atom stereocenters. The van der Waals surface area contributed by atoms with Crippen molar-refractivity contribution in [2.24, 2.45) is 0 Å². The summed E-state index contributed by atoms with van der Waals surface area (Å²) in [7, 11) is 1.59. The van der Waals surface area contributed by atoms with Crippen LogP contribution in [0.15, 0.2) is 18.2 Å². The van der Waals surface area contributed by atoms with Crippen LogP contribution in [0.1, 0.15) is 10.4 Å². The molecule has 0 aliphatic heterocycles. The lowest BCUT2D eigenvalue weighted by molar-refractivity contribution is 0.0944. The first-order chi connectivity index (χ1) is 9.04. The van der Waals surface area contributed by atoms with Crippen molar-refractivity contribution in [1.82, 2.24) is 16.2 Å². The number of thiocarbonyl (C=S) groups is 1. The number of amides is 1. The van der Waals surface area contributed by atoms with Crippen LogP contribution in [0, 0.1) is 0 Å². The largest absolute Gasteiger partial charge is 0.383 e. The van der Waals surface area contributed by atoms with Gasteiger partial charge >= 0.3 is 0 Å². The van der Waals surface area contributed by atoms with E-state index in [1.807, 2.05) is 0 Å². The van der Waals surface area contributed by atoms with E-state index in [1.54, 1.807) is 13.2 Å². The predicted octanol–water partition coefficient (Wildman–Crippen LogP) is 1.75. The lowest BCUT2D eigenvalue weighted by Gasteiger charge is -2.11. The van der Waals surface area contributed by atoms with Crippen LogP contribution in [0.25, 0.3) is 0 Å². The summed E-state index contributed by atoms with van der Waals surface area (Å²) in [6.45, 7) is 1.05. The Morgan fingerprint density at radius 2 is 2.11 bits per heavy atom. The van der Waals surface area contributed by atoms with Gasteiger partial charge in [-0.05, 0) is 30.4 Å². The van der Waals surface area contributed by atoms with E-state index in [2.05, 4.69) is 16.2 Å². The van der Waals surface area contributed by atoms with Crippen molar-refractivity contribution in [2.75, 3.05) is 20.3 Å². The second-order valence-corrected chi connectivity index (χ2v) is 4.70. The van der Waals surface area contributed by atoms with E-state index in [9.17, 15) is 4.79 Å². The minimum absolute atomic E-state index is 0.269. The highest BCUT2D eigenvalue weighted by molar-refractivity contribution is 7.80. The molecule has 0 aromatic heterocycles. The van der Waals surface area contributed by atoms with Gasteiger partial charge in [-0.1, -0.05) is 23.2 Å². The Bertz CT molecular complexity index is 471. The molecule has 0 bridgehead atoms. The third-order valence-electron chi connectivity index (χ3n) is 2.06. The first kappa shape index (κ1) is 16.0. The van der Waals surface area contributed by atoms with E-state index in [0.717, 1.165) is 0 Å². The molecule has 0 saturated carbocycles. The molecule has 0 heterocycles. The van der Waals surface area contributed by atoms with Crippen molar-refractivity contribution in [3.8, 4) is 0 Å². The summed E-state index contributed by atoms with van der Waals surface area (Å²) in [5.41, 5.74) is 5.28. The molecule has 1 rings (SSSR count). The van der Waals surface area contributed by atoms with E-state index in [-0.39, 0.29) is 10.1 Å². The van der Waals surface area contributed by atoms with Gasteiger partial charge in [-0.25, -0.2) is 0 Å². The van der Waals surface area contributed by atoms with Crippen molar-refractivity contribution in [1.29, 1.82) is 0 Å². The minimum atomic E-state index is -0.405. The van der Waals surface area contributed by atoms with Gasteiger partial charge in [0.25, 0.3) is 5.91 Å². The maximum Gasteiger partial charge on any atom is 0.271 e. The number of hydrogen-bond donors (Lipinski definition) is 3. The Hall–Kier alpha value is -1.08. The van der Waals surface area contributed by atoms with Gasteiger partial charge in [0.1, 0.15) is 0 Å². The van der Waals surface area contributed by atoms with Crippen LogP contribution in [0.2, 0.25) is 10.0 Å². The molecule has 3 N–H and O–H groups in total. The molecule has 0 aliphatic carbocycles. The number of nitrogens with one attached hydrogen (secondary N) is 3. The monoisotopic (exact) mass is 321 g/mol. The Labute approximate surface area is 126 Å². The molecular formula is C11H13Cl2N3O2S. The smallest absolute Gasteiger partial charge is 0.271 e. The lowest BCUT2D eigenvalue weighted by atomic mass is 10.2. The zero-order valence-corrected chi connectivity index (χ0v) is 12.5. The molecule has 19 heavy (non-hydrogen) atoms. The Morgan fingerprint density at radius 3 is 2.74 bits per heavy atom. The summed E-state index contributed by atoms with van der Waals surface area (Å²) in [4.78, 5) is 11.8. The van der Waals surface area contributed by atoms with Crippen molar-refractivity contribution in [3.63, 3.8) is 0 Å². The molecule has 1 aromatic carbocycles. The normalized spacial score (nSPS) is 9.84. The molecule has 8 heteroatoms. The molecule has 1 amide bonds. The fourth-order valence-electron chi connectivity index (χ4n) is 1.17. The van der Waals surface area contributed by atoms with E-state index >= 15 is 0 Å². The summed E-state index contributed by atoms with van der Waals surface area (Å²) in [5.74, 6) is -0.405. The first-order valence-corrected chi connectivity index (χ1v) is 6.49. The molecule has 0 unspecified atom stereocenters. The van der Waals surface area contributed by atoms with Crippen LogP contribution < -0.4 is 16.2 Å². The molecular weight excluding hydrogens is 309 g/mol. The summed E-state index contributed by atoms with van der Waals surface area (Å²) in [6, 6.07) is 4.60. The maximum atomic E-state index is 11.8. The van der Waals surface area contributed by atoms with E-state index in [1.165, 1.54) is 12.1 Å². The zero-order valence-electron chi connectivity index (χ0n) is 10.1. The number of methoxy groups -OCH3 is 1. The number of carbonyl (C=O) groups is 1. The van der Waals surface area contributed by atoms with E-state index in [4.69, 9.17) is 40.2 Å². The van der Waals surface area contributed by atoms with Crippen LogP contribution in [0.3, 0.4) is 0 Å². The predicted molar refractivity (Wildman–Crippen MR) is 79.5 cm³/mol. The Balaban J connectivity index is 2.45. The van der Waals surface area contributed by atoms with Crippen molar-refractivity contribution in [2.45, 2.75) is 0 Å². The number of hydrogen-bond acceptors (Lipinski definition) is 3. The average Bonchev–Trinajstić information content (AvgIpc) is 2.36. The van der Waals surface area contributed by atoms with E-state index in [0.29, 0.717) is 23.7 Å². The van der Waals surface area contributed by atoms with E-state index < -0.39 is 5.91 Å². The second-order valence-electron chi connectivity index (χ2n) is 3.45. The number of carbonyl (C=O) groups excluding carboxylic acids is 1. The van der Waals surface area contributed by atoms with Gasteiger partial charge in [0, 0.05) is 18.7 Å². The van der Waals surface area contributed by atoms with Gasteiger partial charge in [0.05, 0.1) is 17.2 Å². The summed E-state index contributed by atoms with van der Waals surface area (Å²) >= 11 is 16.6. The van der Waals surface area contributed by atoms with Crippen molar-refractivity contribution < 1.29 is 9.53 Å². The summed E-state index contributed by atoms with van der Waals surface area (Å²) < 4.78 is 4.85. The van der Waals surface area contributed by atoms with Crippen LogP contribution in [-0.4, -0.2) is 31.3 Å². The molecule has 0 radical (unpaired) electrons. The lowest BCUT2D eigenvalue weighted by Crippen LogP contribution is -2.47. The zero-order chi connectivity index (χ0) is 14.3. The average molecular weight is 322 g/mol. The maximum absolute atomic E-state index is 11.8. The third-order valence-corrected chi connectivity index (χ3v) is 2.85. The molecule has 104 valence electrons. The van der Waals surface area contributed by atoms with Crippen molar-refractivity contribution in [3.05, 3.63) is 33.8 Å². The molecule has 0 spiro atoms. The van der Waals surface area contributed by atoms with Gasteiger partial charge in [-0.3, -0.25) is 15.6 Å². The number of halogens is 2. The van der Waals surface area contributed by atoms with Crippen LogP contribution in [0.5, 0.6) is 0 Å². The second kappa shape index (κ2) is 8.16. The van der Waals surface area contributed by atoms with Crippen molar-refractivity contribution >= 4 is 46.4 Å². The Kier molecular flexibility index (Phi) is 6.86. The summed E-state index contributed by atoms with van der Waals surface area (Å²) in [6.07, 6.45) is 0. The highest BCUT2D eigenvalue weighted by atomic mass is 35.5. The number of hydrazine groups is 1. The Morgan fingerprint density at radius 1 is 1.37 bits per heavy atom. The molecule has 1 aromatic rings. The van der Waals surface area contributed by atoms with Gasteiger partial charge in [-0.15, -0.1) is 0 Å². The fourth-order valence-corrected chi connectivity index (χ4v) is 1.81. The topological polar surface area (TPSA) is 62.4 Å². The number of benzene rings is 1. The minimum Gasteiger partial charge on any atom is -0.383 e. The van der Waals surface area contributed by atoms with Gasteiger partial charge in [-0.2, -0.15) is 0 Å². The highest BCUT2D eigenvalue weighted by Gasteiger charge is 2.10. The SMILES string of the molecule is COCCNC(=S)NNC(=O)c1ccc(Cl)cc1Cl. The van der Waals surface area contributed by atoms with Crippen LogP contribution >= 0.6 is 35.4 Å². The van der Waals surface area contributed by atoms with Crippen LogP contribution in [0.4, 0.5) is 0 Å². The third kappa shape index (κ3) is 5.61. The molecule has 5 nitrogen and oxygen atoms in total. The van der Waals surface area contributed by atoms with Gasteiger partial charge in [0.2, 0.25) is 0 Å². The van der Waals surface area contributed by atoms with Gasteiger partial charge < -0.3 is 10.1 Å². The molecule has 0 aliphatic rings. The van der Waals surface area contributed by atoms with Crippen LogP contribution in [-0.2, 0) is 4.74 Å². The molecule has 0 fully saturated rings. The fraction of sp³-hybridized carbons (Fsp3) is 0.273. The first-order valence-electron chi connectivity index (χ1n) is 5.32. The van der Waals surface area contributed by atoms with Gasteiger partial charge in [0.15, 0.2) is 5.11 Å². The summed E-state index contributed by atoms with van der Waals surface area (Å²) in [5, 5.41) is 3.86.